The quantitative estimate of drug-likeness (QED) is 0.722. The van der Waals surface area contributed by atoms with Crippen molar-refractivity contribution in [2.24, 2.45) is 5.73 Å². The van der Waals surface area contributed by atoms with Gasteiger partial charge in [0.15, 0.2) is 0 Å². The van der Waals surface area contributed by atoms with Gasteiger partial charge in [-0.15, -0.1) is 0 Å². The molecule has 0 heterocycles. The molecule has 2 aromatic rings. The van der Waals surface area contributed by atoms with Gasteiger partial charge >= 0.3 is 0 Å². The van der Waals surface area contributed by atoms with Crippen LogP contribution in [0.3, 0.4) is 0 Å². The number of nitrogens with two attached hydrogens (primary N) is 1. The van der Waals surface area contributed by atoms with Gasteiger partial charge in [-0.2, -0.15) is 0 Å². The summed E-state index contributed by atoms with van der Waals surface area (Å²) in [4.78, 5) is 0. The van der Waals surface area contributed by atoms with Crippen molar-refractivity contribution >= 4 is 0 Å². The Morgan fingerprint density at radius 1 is 0.850 bits per heavy atom. The zero-order valence-corrected chi connectivity index (χ0v) is 11.8. The molecule has 2 aromatic carbocycles. The fourth-order valence-electron chi connectivity index (χ4n) is 2.15. The summed E-state index contributed by atoms with van der Waals surface area (Å²) in [6, 6.07) is 21.1. The van der Waals surface area contributed by atoms with Crippen molar-refractivity contribution in [3.05, 3.63) is 71.8 Å². The largest absolute Gasteiger partial charge is 0.329 e. The van der Waals surface area contributed by atoms with Gasteiger partial charge in [-0.1, -0.05) is 60.7 Å². The molecule has 3 N–H and O–H groups in total. The monoisotopic (exact) mass is 269 g/mol. The van der Waals surface area contributed by atoms with Gasteiger partial charge in [-0.3, -0.25) is 5.43 Å². The number of hydrogen-bond donors (Lipinski definition) is 2. The summed E-state index contributed by atoms with van der Waals surface area (Å²) in [6.45, 7) is 3.32. The van der Waals surface area contributed by atoms with Crippen molar-refractivity contribution < 1.29 is 0 Å². The molecule has 0 aliphatic carbocycles. The Bertz CT molecular complexity index is 470. The summed E-state index contributed by atoms with van der Waals surface area (Å²) < 4.78 is 0. The standard InChI is InChI=1S/C17H23N3/c18-12-13-19-20(15-17-9-5-2-6-10-17)14-11-16-7-3-1-4-8-16/h1-10,19H,11-15,18H2. The molecule has 3 heteroatoms. The first-order chi connectivity index (χ1) is 9.88. The van der Waals surface area contributed by atoms with Crippen LogP contribution in [0.2, 0.25) is 0 Å². The van der Waals surface area contributed by atoms with Crippen molar-refractivity contribution in [1.29, 1.82) is 0 Å². The van der Waals surface area contributed by atoms with Gasteiger partial charge in [0.25, 0.3) is 0 Å². The van der Waals surface area contributed by atoms with Crippen LogP contribution in [0.25, 0.3) is 0 Å². The van der Waals surface area contributed by atoms with Crippen LogP contribution in [-0.2, 0) is 13.0 Å². The van der Waals surface area contributed by atoms with E-state index in [1.807, 2.05) is 6.07 Å². The molecule has 3 nitrogen and oxygen atoms in total. The van der Waals surface area contributed by atoms with E-state index in [9.17, 15) is 0 Å². The lowest BCUT2D eigenvalue weighted by Gasteiger charge is -2.23. The minimum absolute atomic E-state index is 0.649. The van der Waals surface area contributed by atoms with Gasteiger partial charge in [0.2, 0.25) is 0 Å². The number of nitrogens with one attached hydrogen (secondary N) is 1. The summed E-state index contributed by atoms with van der Waals surface area (Å²) in [6.07, 6.45) is 1.03. The predicted molar refractivity (Wildman–Crippen MR) is 84.1 cm³/mol. The van der Waals surface area contributed by atoms with Gasteiger partial charge in [0.05, 0.1) is 0 Å². The molecule has 0 aromatic heterocycles. The highest BCUT2D eigenvalue weighted by Gasteiger charge is 2.05. The van der Waals surface area contributed by atoms with E-state index in [2.05, 4.69) is 65.0 Å². The number of benzene rings is 2. The molecule has 106 valence electrons. The molecule has 0 saturated carbocycles. The first-order valence-corrected chi connectivity index (χ1v) is 7.15. The third-order valence-corrected chi connectivity index (χ3v) is 3.21. The van der Waals surface area contributed by atoms with Gasteiger partial charge in [0, 0.05) is 26.2 Å². The van der Waals surface area contributed by atoms with Crippen LogP contribution < -0.4 is 11.2 Å². The maximum Gasteiger partial charge on any atom is 0.0381 e. The smallest absolute Gasteiger partial charge is 0.0381 e. The minimum atomic E-state index is 0.649. The van der Waals surface area contributed by atoms with Gasteiger partial charge in [0.1, 0.15) is 0 Å². The van der Waals surface area contributed by atoms with Crippen LogP contribution in [0, 0.1) is 0 Å². The molecule has 0 saturated heterocycles. The molecule has 0 spiro atoms. The van der Waals surface area contributed by atoms with E-state index < -0.39 is 0 Å². The molecule has 2 rings (SSSR count). The van der Waals surface area contributed by atoms with Crippen LogP contribution in [-0.4, -0.2) is 24.6 Å². The zero-order valence-electron chi connectivity index (χ0n) is 11.8. The Morgan fingerprint density at radius 2 is 1.45 bits per heavy atom. The first-order valence-electron chi connectivity index (χ1n) is 7.15. The normalized spacial score (nSPS) is 10.9. The average molecular weight is 269 g/mol. The highest BCUT2D eigenvalue weighted by molar-refractivity contribution is 5.16. The summed E-state index contributed by atoms with van der Waals surface area (Å²) >= 11 is 0. The van der Waals surface area contributed by atoms with E-state index in [-0.39, 0.29) is 0 Å². The lowest BCUT2D eigenvalue weighted by molar-refractivity contribution is 0.183. The number of hydrogen-bond acceptors (Lipinski definition) is 3. The second-order valence-electron chi connectivity index (χ2n) is 4.84. The maximum absolute atomic E-state index is 5.59. The Balaban J connectivity index is 1.89. The molecule has 20 heavy (non-hydrogen) atoms. The highest BCUT2D eigenvalue weighted by Crippen LogP contribution is 2.05. The lowest BCUT2D eigenvalue weighted by atomic mass is 10.1. The third-order valence-electron chi connectivity index (χ3n) is 3.21. The third kappa shape index (κ3) is 5.13. The van der Waals surface area contributed by atoms with Gasteiger partial charge in [-0.25, -0.2) is 5.01 Å². The summed E-state index contributed by atoms with van der Waals surface area (Å²) in [7, 11) is 0. The fourth-order valence-corrected chi connectivity index (χ4v) is 2.15. The number of hydrazine groups is 1. The summed E-state index contributed by atoms with van der Waals surface area (Å²) in [5.41, 5.74) is 11.7. The molecule has 0 amide bonds. The van der Waals surface area contributed by atoms with Crippen LogP contribution in [0.1, 0.15) is 11.1 Å². The Kier molecular flexibility index (Phi) is 6.24. The predicted octanol–water partition coefficient (Wildman–Crippen LogP) is 2.19. The van der Waals surface area contributed by atoms with Crippen LogP contribution in [0.15, 0.2) is 60.7 Å². The zero-order chi connectivity index (χ0) is 14.0. The summed E-state index contributed by atoms with van der Waals surface area (Å²) in [5.74, 6) is 0. The van der Waals surface area contributed by atoms with Crippen molar-refractivity contribution in [1.82, 2.24) is 10.4 Å². The highest BCUT2D eigenvalue weighted by atomic mass is 15.5. The molecular weight excluding hydrogens is 246 g/mol. The average Bonchev–Trinajstić information content (AvgIpc) is 2.52. The second-order valence-corrected chi connectivity index (χ2v) is 4.84. The Hall–Kier alpha value is -1.68. The number of nitrogens with zero attached hydrogens (tertiary/aromatic N) is 1. The van der Waals surface area contributed by atoms with Crippen LogP contribution in [0.4, 0.5) is 0 Å². The molecule has 0 aliphatic rings. The molecule has 0 atom stereocenters. The van der Waals surface area contributed by atoms with E-state index in [1.54, 1.807) is 0 Å². The van der Waals surface area contributed by atoms with Gasteiger partial charge < -0.3 is 5.73 Å². The van der Waals surface area contributed by atoms with E-state index in [1.165, 1.54) is 11.1 Å². The Morgan fingerprint density at radius 3 is 2.05 bits per heavy atom. The molecular formula is C17H23N3. The maximum atomic E-state index is 5.59. The summed E-state index contributed by atoms with van der Waals surface area (Å²) in [5, 5.41) is 2.25. The second kappa shape index (κ2) is 8.48. The van der Waals surface area contributed by atoms with Crippen molar-refractivity contribution in [2.75, 3.05) is 19.6 Å². The number of rotatable bonds is 8. The Labute approximate surface area is 121 Å². The van der Waals surface area contributed by atoms with Crippen molar-refractivity contribution in [3.63, 3.8) is 0 Å². The topological polar surface area (TPSA) is 41.3 Å². The fraction of sp³-hybridized carbons (Fsp3) is 0.294. The van der Waals surface area contributed by atoms with Crippen molar-refractivity contribution in [3.8, 4) is 0 Å². The van der Waals surface area contributed by atoms with E-state index in [0.29, 0.717) is 6.54 Å². The lowest BCUT2D eigenvalue weighted by Crippen LogP contribution is -2.41. The molecule has 0 unspecified atom stereocenters. The first kappa shape index (κ1) is 14.7. The molecule has 0 bridgehead atoms. The molecule has 0 fully saturated rings. The van der Waals surface area contributed by atoms with Crippen LogP contribution >= 0.6 is 0 Å². The molecule has 0 aliphatic heterocycles. The van der Waals surface area contributed by atoms with E-state index in [4.69, 9.17) is 5.73 Å². The van der Waals surface area contributed by atoms with E-state index >= 15 is 0 Å². The SMILES string of the molecule is NCCNN(CCc1ccccc1)Cc1ccccc1. The molecule has 0 radical (unpaired) electrons. The minimum Gasteiger partial charge on any atom is -0.329 e. The van der Waals surface area contributed by atoms with Crippen LogP contribution in [0.5, 0.6) is 0 Å². The van der Waals surface area contributed by atoms with Gasteiger partial charge in [-0.05, 0) is 17.5 Å². The van der Waals surface area contributed by atoms with Crippen molar-refractivity contribution in [2.45, 2.75) is 13.0 Å². The van der Waals surface area contributed by atoms with E-state index in [0.717, 1.165) is 26.1 Å².